The molecule has 0 saturated carbocycles. The van der Waals surface area contributed by atoms with Gasteiger partial charge in [0.15, 0.2) is 11.5 Å². The molecular weight excluding hydrogens is 371 g/mol. The predicted octanol–water partition coefficient (Wildman–Crippen LogP) is 3.31. The van der Waals surface area contributed by atoms with Gasteiger partial charge in [0.2, 0.25) is 0 Å². The van der Waals surface area contributed by atoms with Gasteiger partial charge in [-0.2, -0.15) is 13.2 Å². The predicted molar refractivity (Wildman–Crippen MR) is 50.3 cm³/mol. The van der Waals surface area contributed by atoms with Gasteiger partial charge in [0, 0.05) is 6.07 Å². The van der Waals surface area contributed by atoms with Gasteiger partial charge in [-0.3, -0.25) is 0 Å². The van der Waals surface area contributed by atoms with Crippen LogP contribution in [0, 0.1) is 3.70 Å². The van der Waals surface area contributed by atoms with Gasteiger partial charge in [0.1, 0.15) is 9.39 Å². The SMILES string of the molecule is Oc1c(OC(F)(F)F)cc(C(F)(F)F)nc1I. The van der Waals surface area contributed by atoms with Crippen molar-refractivity contribution in [1.29, 1.82) is 0 Å². The maximum absolute atomic E-state index is 12.2. The summed E-state index contributed by atoms with van der Waals surface area (Å²) in [5.74, 6) is -2.44. The van der Waals surface area contributed by atoms with Gasteiger partial charge in [-0.05, 0) is 22.6 Å². The molecule has 3 nitrogen and oxygen atoms in total. The van der Waals surface area contributed by atoms with Crippen LogP contribution in [0.25, 0.3) is 0 Å². The lowest BCUT2D eigenvalue weighted by atomic mass is 10.3. The summed E-state index contributed by atoms with van der Waals surface area (Å²) < 4.78 is 74.8. The highest BCUT2D eigenvalue weighted by molar-refractivity contribution is 14.1. The summed E-state index contributed by atoms with van der Waals surface area (Å²) in [7, 11) is 0. The Labute approximate surface area is 104 Å². The molecule has 10 heteroatoms. The van der Waals surface area contributed by atoms with Gasteiger partial charge in [0.25, 0.3) is 0 Å². The molecule has 1 rings (SSSR count). The highest BCUT2D eigenvalue weighted by Gasteiger charge is 2.37. The van der Waals surface area contributed by atoms with Crippen molar-refractivity contribution in [2.24, 2.45) is 0 Å². The van der Waals surface area contributed by atoms with Gasteiger partial charge in [0.05, 0.1) is 0 Å². The van der Waals surface area contributed by atoms with E-state index in [4.69, 9.17) is 5.11 Å². The zero-order chi connectivity index (χ0) is 13.4. The van der Waals surface area contributed by atoms with E-state index in [1.165, 1.54) is 0 Å². The summed E-state index contributed by atoms with van der Waals surface area (Å²) in [6, 6.07) is -0.0228. The van der Waals surface area contributed by atoms with Crippen LogP contribution >= 0.6 is 22.6 Å². The third-order valence-electron chi connectivity index (χ3n) is 1.43. The Kier molecular flexibility index (Phi) is 3.64. The Morgan fingerprint density at radius 2 is 1.71 bits per heavy atom. The number of aromatic hydroxyl groups is 1. The zero-order valence-electron chi connectivity index (χ0n) is 7.53. The topological polar surface area (TPSA) is 42.4 Å². The summed E-state index contributed by atoms with van der Waals surface area (Å²) in [6.45, 7) is 0. The van der Waals surface area contributed by atoms with Crippen LogP contribution in [0.5, 0.6) is 11.5 Å². The fourth-order valence-corrected chi connectivity index (χ4v) is 1.36. The number of ether oxygens (including phenoxy) is 1. The van der Waals surface area contributed by atoms with Crippen LogP contribution in [0.15, 0.2) is 6.07 Å². The molecule has 0 radical (unpaired) electrons. The van der Waals surface area contributed by atoms with E-state index in [2.05, 4.69) is 9.72 Å². The summed E-state index contributed by atoms with van der Waals surface area (Å²) in [5, 5.41) is 9.09. The molecule has 1 heterocycles. The minimum atomic E-state index is -5.20. The van der Waals surface area contributed by atoms with Crippen LogP contribution in [0.3, 0.4) is 0 Å². The third kappa shape index (κ3) is 3.78. The standard InChI is InChI=1S/C7H2F6INO2/c8-6(9,10)3-1-2(17-7(11,12)13)4(16)5(14)15-3/h1,16H. The van der Waals surface area contributed by atoms with Crippen molar-refractivity contribution in [3.05, 3.63) is 15.5 Å². The van der Waals surface area contributed by atoms with E-state index >= 15 is 0 Å². The fraction of sp³-hybridized carbons (Fsp3) is 0.286. The number of aromatic nitrogens is 1. The third-order valence-corrected chi connectivity index (χ3v) is 2.18. The van der Waals surface area contributed by atoms with Crippen LogP contribution in [-0.2, 0) is 6.18 Å². The first-order chi connectivity index (χ1) is 7.50. The molecule has 0 amide bonds. The monoisotopic (exact) mass is 373 g/mol. The molecular formula is C7H2F6INO2. The lowest BCUT2D eigenvalue weighted by Crippen LogP contribution is -2.18. The molecule has 0 unspecified atom stereocenters. The van der Waals surface area contributed by atoms with Gasteiger partial charge in [-0.15, -0.1) is 13.2 Å². The molecule has 0 saturated heterocycles. The Morgan fingerprint density at radius 1 is 1.18 bits per heavy atom. The molecule has 17 heavy (non-hydrogen) atoms. The summed E-state index contributed by atoms with van der Waals surface area (Å²) >= 11 is 1.16. The van der Waals surface area contributed by atoms with E-state index in [9.17, 15) is 26.3 Å². The second kappa shape index (κ2) is 4.38. The smallest absolute Gasteiger partial charge is 0.502 e. The number of rotatable bonds is 1. The molecule has 1 aromatic heterocycles. The van der Waals surface area contributed by atoms with E-state index in [0.29, 0.717) is 0 Å². The van der Waals surface area contributed by atoms with Crippen molar-refractivity contribution in [2.45, 2.75) is 12.5 Å². The van der Waals surface area contributed by atoms with Gasteiger partial charge >= 0.3 is 12.5 Å². The maximum atomic E-state index is 12.2. The van der Waals surface area contributed by atoms with E-state index in [1.54, 1.807) is 0 Å². The number of halogens is 7. The Balaban J connectivity index is 3.26. The van der Waals surface area contributed by atoms with Gasteiger partial charge < -0.3 is 9.84 Å². The second-order valence-corrected chi connectivity index (χ2v) is 3.71. The fourth-order valence-electron chi connectivity index (χ4n) is 0.833. The zero-order valence-corrected chi connectivity index (χ0v) is 9.68. The van der Waals surface area contributed by atoms with Crippen LogP contribution in [0.4, 0.5) is 26.3 Å². The van der Waals surface area contributed by atoms with Crippen LogP contribution < -0.4 is 4.74 Å². The second-order valence-electron chi connectivity index (χ2n) is 2.69. The molecule has 0 spiro atoms. The van der Waals surface area contributed by atoms with Crippen molar-refractivity contribution >= 4 is 22.6 Å². The largest absolute Gasteiger partial charge is 0.573 e. The number of hydrogen-bond acceptors (Lipinski definition) is 3. The lowest BCUT2D eigenvalue weighted by Gasteiger charge is -2.13. The summed E-state index contributed by atoms with van der Waals surface area (Å²) in [4.78, 5) is 2.90. The normalized spacial score (nSPS) is 12.6. The first-order valence-corrected chi connectivity index (χ1v) is 4.81. The lowest BCUT2D eigenvalue weighted by molar-refractivity contribution is -0.275. The Bertz CT molecular complexity index is 430. The average molecular weight is 373 g/mol. The number of alkyl halides is 6. The Morgan fingerprint density at radius 3 is 2.12 bits per heavy atom. The molecule has 0 aliphatic heterocycles. The highest BCUT2D eigenvalue weighted by atomic mass is 127. The molecule has 0 aliphatic rings. The molecule has 0 aliphatic carbocycles. The Hall–Kier alpha value is -0.940. The van der Waals surface area contributed by atoms with E-state index in [0.717, 1.165) is 22.6 Å². The minimum absolute atomic E-state index is 0.0228. The number of nitrogens with zero attached hydrogens (tertiary/aromatic N) is 1. The van der Waals surface area contributed by atoms with Crippen LogP contribution in [-0.4, -0.2) is 16.5 Å². The highest BCUT2D eigenvalue weighted by Crippen LogP contribution is 2.38. The number of pyridine rings is 1. The maximum Gasteiger partial charge on any atom is 0.573 e. The van der Waals surface area contributed by atoms with Crippen molar-refractivity contribution in [3.63, 3.8) is 0 Å². The van der Waals surface area contributed by atoms with E-state index in [1.807, 2.05) is 0 Å². The molecule has 0 fully saturated rings. The number of hydrogen-bond donors (Lipinski definition) is 1. The van der Waals surface area contributed by atoms with Crippen molar-refractivity contribution in [1.82, 2.24) is 4.98 Å². The van der Waals surface area contributed by atoms with E-state index in [-0.39, 0.29) is 6.07 Å². The summed E-state index contributed by atoms with van der Waals surface area (Å²) in [5.41, 5.74) is -1.58. The van der Waals surface area contributed by atoms with E-state index < -0.39 is 33.4 Å². The summed E-state index contributed by atoms with van der Waals surface area (Å²) in [6.07, 6.45) is -10.1. The van der Waals surface area contributed by atoms with Crippen LogP contribution in [0.1, 0.15) is 5.69 Å². The van der Waals surface area contributed by atoms with Gasteiger partial charge in [-0.1, -0.05) is 0 Å². The first kappa shape index (κ1) is 14.1. The van der Waals surface area contributed by atoms with Crippen molar-refractivity contribution in [3.8, 4) is 11.5 Å². The molecule has 0 atom stereocenters. The minimum Gasteiger partial charge on any atom is -0.502 e. The van der Waals surface area contributed by atoms with Gasteiger partial charge in [-0.25, -0.2) is 4.98 Å². The van der Waals surface area contributed by atoms with Crippen molar-refractivity contribution in [2.75, 3.05) is 0 Å². The molecule has 0 bridgehead atoms. The quantitative estimate of drug-likeness (QED) is 0.467. The van der Waals surface area contributed by atoms with Crippen LogP contribution in [0.2, 0.25) is 0 Å². The van der Waals surface area contributed by atoms with Crippen molar-refractivity contribution < 1.29 is 36.2 Å². The molecule has 96 valence electrons. The first-order valence-electron chi connectivity index (χ1n) is 3.73. The molecule has 1 aromatic rings. The average Bonchev–Trinajstić information content (AvgIpc) is 2.08. The molecule has 1 N–H and O–H groups in total. The molecule has 0 aromatic carbocycles.